The summed E-state index contributed by atoms with van der Waals surface area (Å²) in [4.78, 5) is 17.6. The lowest BCUT2D eigenvalue weighted by Gasteiger charge is -2.45. The molecule has 3 saturated heterocycles. The number of piperidine rings is 3. The molecular formula is C23H25ClN2O2. The molecule has 1 amide bonds. The van der Waals surface area contributed by atoms with Crippen molar-refractivity contribution in [3.63, 3.8) is 0 Å². The monoisotopic (exact) mass is 396 g/mol. The molecule has 2 atom stereocenters. The molecule has 2 aromatic carbocycles. The van der Waals surface area contributed by atoms with Crippen LogP contribution in [-0.4, -0.2) is 48.2 Å². The van der Waals surface area contributed by atoms with Gasteiger partial charge in [0.1, 0.15) is 6.10 Å². The Bertz CT molecular complexity index is 861. The molecule has 0 aliphatic carbocycles. The number of carbonyl (C=O) groups is 1. The third-order valence-corrected chi connectivity index (χ3v) is 6.80. The van der Waals surface area contributed by atoms with Crippen LogP contribution in [0.5, 0.6) is 0 Å². The number of nitrogens with zero attached hydrogens (tertiary/aromatic N) is 2. The zero-order chi connectivity index (χ0) is 19.1. The summed E-state index contributed by atoms with van der Waals surface area (Å²) in [5.74, 6) is 0.514. The van der Waals surface area contributed by atoms with Crippen molar-refractivity contribution >= 4 is 17.7 Å². The van der Waals surface area contributed by atoms with Crippen LogP contribution in [0.15, 0.2) is 48.5 Å². The number of amides is 1. The van der Waals surface area contributed by atoms with Crippen LogP contribution in [-0.2, 0) is 11.2 Å². The summed E-state index contributed by atoms with van der Waals surface area (Å²) >= 11 is 6.10. The summed E-state index contributed by atoms with van der Waals surface area (Å²) in [5.41, 5.74) is 3.55. The van der Waals surface area contributed by atoms with E-state index in [9.17, 15) is 4.79 Å². The van der Waals surface area contributed by atoms with E-state index in [-0.39, 0.29) is 18.2 Å². The summed E-state index contributed by atoms with van der Waals surface area (Å²) in [6.45, 7) is 3.84. The zero-order valence-electron chi connectivity index (χ0n) is 15.9. The molecule has 4 aliphatic heterocycles. The molecule has 0 saturated carbocycles. The van der Waals surface area contributed by atoms with Crippen LogP contribution >= 0.6 is 11.6 Å². The van der Waals surface area contributed by atoms with Crippen LogP contribution in [0.2, 0.25) is 5.02 Å². The lowest BCUT2D eigenvalue weighted by molar-refractivity contribution is -0.0462. The largest absolute Gasteiger partial charge is 0.444 e. The van der Waals surface area contributed by atoms with Crippen LogP contribution in [0, 0.1) is 5.92 Å². The molecule has 0 N–H and O–H groups in total. The second-order valence-electron chi connectivity index (χ2n) is 8.16. The van der Waals surface area contributed by atoms with Gasteiger partial charge in [0, 0.05) is 18.1 Å². The summed E-state index contributed by atoms with van der Waals surface area (Å²) in [7, 11) is 0. The van der Waals surface area contributed by atoms with Gasteiger partial charge in [0.05, 0.1) is 6.04 Å². The summed E-state index contributed by atoms with van der Waals surface area (Å²) < 4.78 is 6.07. The molecule has 3 fully saturated rings. The molecule has 6 rings (SSSR count). The predicted octanol–water partition coefficient (Wildman–Crippen LogP) is 4.52. The van der Waals surface area contributed by atoms with E-state index in [1.807, 2.05) is 35.2 Å². The first-order chi connectivity index (χ1) is 13.7. The lowest BCUT2D eigenvalue weighted by Crippen LogP contribution is -2.53. The number of carbonyl (C=O) groups excluding carboxylic acids is 1. The molecule has 0 aromatic heterocycles. The molecule has 2 aromatic rings. The first-order valence-corrected chi connectivity index (χ1v) is 10.6. The molecule has 28 heavy (non-hydrogen) atoms. The van der Waals surface area contributed by atoms with E-state index in [2.05, 4.69) is 23.1 Å². The molecule has 0 radical (unpaired) electrons. The predicted molar refractivity (Wildman–Crippen MR) is 110 cm³/mol. The zero-order valence-corrected chi connectivity index (χ0v) is 16.6. The first kappa shape index (κ1) is 18.0. The van der Waals surface area contributed by atoms with E-state index in [0.29, 0.717) is 17.5 Å². The van der Waals surface area contributed by atoms with Gasteiger partial charge in [0.25, 0.3) is 0 Å². The van der Waals surface area contributed by atoms with Gasteiger partial charge in [-0.3, -0.25) is 9.80 Å². The summed E-state index contributed by atoms with van der Waals surface area (Å²) in [6, 6.07) is 16.1. The SMILES string of the molecule is O=C(OC1CN2CCC1CC2)N1CCc2ccccc2C1c1ccc(Cl)cc1. The number of halogens is 1. The Balaban J connectivity index is 1.43. The molecule has 4 nitrogen and oxygen atoms in total. The highest BCUT2D eigenvalue weighted by molar-refractivity contribution is 6.30. The van der Waals surface area contributed by atoms with E-state index in [1.54, 1.807) is 0 Å². The Morgan fingerprint density at radius 1 is 1.00 bits per heavy atom. The number of rotatable bonds is 2. The van der Waals surface area contributed by atoms with Gasteiger partial charge in [-0.25, -0.2) is 4.79 Å². The number of ether oxygens (including phenoxy) is 1. The first-order valence-electron chi connectivity index (χ1n) is 10.2. The van der Waals surface area contributed by atoms with Gasteiger partial charge in [-0.05, 0) is 67.1 Å². The third kappa shape index (κ3) is 3.29. The second kappa shape index (κ2) is 7.41. The number of fused-ring (bicyclic) bond motifs is 4. The Labute approximate surface area is 171 Å². The molecular weight excluding hydrogens is 372 g/mol. The average Bonchev–Trinajstić information content (AvgIpc) is 2.74. The van der Waals surface area contributed by atoms with Gasteiger partial charge in [0.2, 0.25) is 0 Å². The van der Waals surface area contributed by atoms with Gasteiger partial charge >= 0.3 is 6.09 Å². The topological polar surface area (TPSA) is 32.8 Å². The van der Waals surface area contributed by atoms with Crippen LogP contribution in [0.3, 0.4) is 0 Å². The van der Waals surface area contributed by atoms with E-state index in [1.165, 1.54) is 11.1 Å². The molecule has 2 unspecified atom stereocenters. The Hall–Kier alpha value is -2.04. The van der Waals surface area contributed by atoms with Gasteiger partial charge < -0.3 is 4.74 Å². The molecule has 5 heteroatoms. The van der Waals surface area contributed by atoms with Crippen molar-refractivity contribution in [3.05, 3.63) is 70.2 Å². The van der Waals surface area contributed by atoms with Crippen molar-refractivity contribution in [2.75, 3.05) is 26.2 Å². The number of hydrogen-bond acceptors (Lipinski definition) is 3. The Kier molecular flexibility index (Phi) is 4.77. The van der Waals surface area contributed by atoms with Crippen molar-refractivity contribution in [2.24, 2.45) is 5.92 Å². The third-order valence-electron chi connectivity index (χ3n) is 6.55. The lowest BCUT2D eigenvalue weighted by atomic mass is 9.86. The maximum absolute atomic E-state index is 13.3. The Morgan fingerprint density at radius 3 is 2.46 bits per heavy atom. The van der Waals surface area contributed by atoms with Crippen molar-refractivity contribution in [2.45, 2.75) is 31.4 Å². The molecule has 2 bridgehead atoms. The van der Waals surface area contributed by atoms with Gasteiger partial charge in [-0.2, -0.15) is 0 Å². The van der Waals surface area contributed by atoms with E-state index >= 15 is 0 Å². The molecule has 0 spiro atoms. The quantitative estimate of drug-likeness (QED) is 0.748. The van der Waals surface area contributed by atoms with Gasteiger partial charge in [0.15, 0.2) is 0 Å². The highest BCUT2D eigenvalue weighted by Crippen LogP contribution is 2.37. The van der Waals surface area contributed by atoms with Crippen molar-refractivity contribution in [1.29, 1.82) is 0 Å². The minimum atomic E-state index is -0.187. The highest BCUT2D eigenvalue weighted by atomic mass is 35.5. The molecule has 146 valence electrons. The molecule has 4 aliphatic rings. The Morgan fingerprint density at radius 2 is 1.75 bits per heavy atom. The molecule has 4 heterocycles. The van der Waals surface area contributed by atoms with Crippen molar-refractivity contribution < 1.29 is 9.53 Å². The van der Waals surface area contributed by atoms with Gasteiger partial charge in [-0.15, -0.1) is 0 Å². The van der Waals surface area contributed by atoms with Gasteiger partial charge in [-0.1, -0.05) is 48.0 Å². The highest BCUT2D eigenvalue weighted by Gasteiger charge is 2.39. The van der Waals surface area contributed by atoms with Crippen molar-refractivity contribution in [3.8, 4) is 0 Å². The van der Waals surface area contributed by atoms with E-state index in [0.717, 1.165) is 44.5 Å². The second-order valence-corrected chi connectivity index (χ2v) is 8.59. The minimum Gasteiger partial charge on any atom is -0.444 e. The van der Waals surface area contributed by atoms with E-state index in [4.69, 9.17) is 16.3 Å². The van der Waals surface area contributed by atoms with Crippen LogP contribution in [0.4, 0.5) is 4.79 Å². The maximum atomic E-state index is 13.3. The number of benzene rings is 2. The summed E-state index contributed by atoms with van der Waals surface area (Å²) in [6.07, 6.45) is 2.98. The average molecular weight is 397 g/mol. The van der Waals surface area contributed by atoms with Crippen molar-refractivity contribution in [1.82, 2.24) is 9.80 Å². The minimum absolute atomic E-state index is 0.0260. The summed E-state index contributed by atoms with van der Waals surface area (Å²) in [5, 5.41) is 0.703. The fourth-order valence-electron chi connectivity index (χ4n) is 5.01. The van der Waals surface area contributed by atoms with Crippen LogP contribution in [0.25, 0.3) is 0 Å². The van der Waals surface area contributed by atoms with Crippen LogP contribution < -0.4 is 0 Å². The maximum Gasteiger partial charge on any atom is 0.410 e. The standard InChI is InChI=1S/C23H25ClN2O2/c24-19-7-5-18(6-8-19)22-20-4-2-1-3-16(20)11-14-26(22)23(27)28-21-15-25-12-9-17(21)10-13-25/h1-8,17,21-22H,9-15H2. The normalized spacial score (nSPS) is 28.7. The smallest absolute Gasteiger partial charge is 0.410 e. The fraction of sp³-hybridized carbons (Fsp3) is 0.435. The number of hydrogen-bond donors (Lipinski definition) is 0. The van der Waals surface area contributed by atoms with Crippen LogP contribution in [0.1, 0.15) is 35.6 Å². The van der Waals surface area contributed by atoms with E-state index < -0.39 is 0 Å². The fourth-order valence-corrected chi connectivity index (χ4v) is 5.14.